The monoisotopic (exact) mass is 218 g/mol. The van der Waals surface area contributed by atoms with E-state index in [0.29, 0.717) is 6.04 Å². The van der Waals surface area contributed by atoms with Crippen molar-refractivity contribution in [1.29, 1.82) is 0 Å². The van der Waals surface area contributed by atoms with Gasteiger partial charge in [-0.25, -0.2) is 0 Å². The molecule has 0 amide bonds. The molecule has 0 rings (SSSR count). The normalized spacial score (nSPS) is 10.9. The van der Waals surface area contributed by atoms with Gasteiger partial charge in [-0.15, -0.1) is 0 Å². The smallest absolute Gasteiger partial charge is 0.461 e. The average molecular weight is 218 g/mol. The largest absolute Gasteiger partial charge is 0.485 e. The Kier molecular flexibility index (Phi) is 5.45. The van der Waals surface area contributed by atoms with Crippen molar-refractivity contribution in [2.75, 3.05) is 0 Å². The Hall–Kier alpha value is -0.843. The van der Waals surface area contributed by atoms with Gasteiger partial charge in [-0.3, -0.25) is 9.59 Å². The summed E-state index contributed by atoms with van der Waals surface area (Å²) < 4.78 is 10.2. The van der Waals surface area contributed by atoms with Crippen molar-refractivity contribution < 1.29 is 18.4 Å². The molecule has 0 saturated carbocycles. The Morgan fingerprint density at radius 2 is 1.57 bits per heavy atom. The van der Waals surface area contributed by atoms with E-state index in [2.05, 4.69) is 0 Å². The highest BCUT2D eigenvalue weighted by Crippen LogP contribution is 2.17. The summed E-state index contributed by atoms with van der Waals surface area (Å²) in [6.07, 6.45) is 1.90. The Morgan fingerprint density at radius 1 is 1.14 bits per heavy atom. The lowest BCUT2D eigenvalue weighted by molar-refractivity contribution is -0.138. The van der Waals surface area contributed by atoms with E-state index in [4.69, 9.17) is 8.85 Å². The molecule has 0 aromatic rings. The van der Waals surface area contributed by atoms with Crippen molar-refractivity contribution >= 4 is 20.5 Å². The van der Waals surface area contributed by atoms with E-state index in [1.165, 1.54) is 13.8 Å². The molecule has 0 fully saturated rings. The molecule has 4 nitrogen and oxygen atoms in total. The van der Waals surface area contributed by atoms with Crippen LogP contribution in [0.2, 0.25) is 12.6 Å². The van der Waals surface area contributed by atoms with Crippen LogP contribution < -0.4 is 0 Å². The minimum atomic E-state index is -2.60. The van der Waals surface area contributed by atoms with Gasteiger partial charge in [0.15, 0.2) is 0 Å². The summed E-state index contributed by atoms with van der Waals surface area (Å²) in [5.74, 6) is -0.756. The third-order valence-electron chi connectivity index (χ3n) is 1.70. The van der Waals surface area contributed by atoms with E-state index in [9.17, 15) is 9.59 Å². The number of hydrogen-bond donors (Lipinski definition) is 0. The van der Waals surface area contributed by atoms with Crippen LogP contribution in [0.15, 0.2) is 0 Å². The molecular formula is C9H18O4Si. The summed E-state index contributed by atoms with van der Waals surface area (Å²) in [6, 6.07) is 0.669. The second-order valence-corrected chi connectivity index (χ2v) is 6.60. The molecule has 0 unspecified atom stereocenters. The zero-order valence-electron chi connectivity index (χ0n) is 9.25. The fourth-order valence-corrected chi connectivity index (χ4v) is 3.69. The lowest BCUT2D eigenvalue weighted by Gasteiger charge is -2.24. The van der Waals surface area contributed by atoms with Crippen LogP contribution in [0.3, 0.4) is 0 Å². The van der Waals surface area contributed by atoms with Crippen LogP contribution in [-0.4, -0.2) is 20.5 Å². The van der Waals surface area contributed by atoms with Crippen LogP contribution in [0, 0.1) is 0 Å². The maximum atomic E-state index is 10.8. The molecule has 0 aliphatic rings. The zero-order chi connectivity index (χ0) is 11.2. The number of unbranched alkanes of at least 4 members (excludes halogenated alkanes) is 1. The molecule has 5 heteroatoms. The summed E-state index contributed by atoms with van der Waals surface area (Å²) in [7, 11) is -2.60. The van der Waals surface area contributed by atoms with Crippen LogP contribution in [0.4, 0.5) is 0 Å². The fraction of sp³-hybridized carbons (Fsp3) is 0.778. The van der Waals surface area contributed by atoms with Crippen LogP contribution in [-0.2, 0) is 18.4 Å². The van der Waals surface area contributed by atoms with E-state index in [0.717, 1.165) is 12.8 Å². The molecule has 14 heavy (non-hydrogen) atoms. The van der Waals surface area contributed by atoms with Gasteiger partial charge in [-0.2, -0.15) is 0 Å². The predicted molar refractivity (Wildman–Crippen MR) is 54.9 cm³/mol. The average Bonchev–Trinajstić information content (AvgIpc) is 1.97. The predicted octanol–water partition coefficient (Wildman–Crippen LogP) is 1.98. The van der Waals surface area contributed by atoms with Gasteiger partial charge in [0.1, 0.15) is 0 Å². The topological polar surface area (TPSA) is 52.6 Å². The van der Waals surface area contributed by atoms with Crippen molar-refractivity contribution in [2.24, 2.45) is 0 Å². The van der Waals surface area contributed by atoms with Crippen molar-refractivity contribution in [3.63, 3.8) is 0 Å². The molecular weight excluding hydrogens is 200 g/mol. The first-order valence-corrected chi connectivity index (χ1v) is 7.31. The lowest BCUT2D eigenvalue weighted by atomic mass is 10.4. The van der Waals surface area contributed by atoms with Crippen LogP contribution in [0.5, 0.6) is 0 Å². The summed E-state index contributed by atoms with van der Waals surface area (Å²) >= 11 is 0. The lowest BCUT2D eigenvalue weighted by Crippen LogP contribution is -2.41. The molecule has 0 aliphatic heterocycles. The summed E-state index contributed by atoms with van der Waals surface area (Å²) in [5, 5.41) is 0. The van der Waals surface area contributed by atoms with Gasteiger partial charge in [-0.1, -0.05) is 13.3 Å². The van der Waals surface area contributed by atoms with Gasteiger partial charge < -0.3 is 8.85 Å². The number of carbonyl (C=O) groups is 2. The first-order valence-electron chi connectivity index (χ1n) is 4.79. The molecule has 0 spiro atoms. The third kappa shape index (κ3) is 5.74. The highest BCUT2D eigenvalue weighted by Gasteiger charge is 2.37. The highest BCUT2D eigenvalue weighted by atomic mass is 28.4. The second-order valence-electron chi connectivity index (χ2n) is 3.42. The third-order valence-corrected chi connectivity index (χ3v) is 4.40. The maximum absolute atomic E-state index is 10.8. The van der Waals surface area contributed by atoms with Gasteiger partial charge in [-0.05, 0) is 6.42 Å². The van der Waals surface area contributed by atoms with Crippen molar-refractivity contribution in [2.45, 2.75) is 46.2 Å². The fourth-order valence-electron chi connectivity index (χ4n) is 1.23. The molecule has 82 valence electrons. The van der Waals surface area contributed by atoms with Crippen molar-refractivity contribution in [3.05, 3.63) is 0 Å². The van der Waals surface area contributed by atoms with Crippen molar-refractivity contribution in [1.82, 2.24) is 0 Å². The summed E-state index contributed by atoms with van der Waals surface area (Å²) in [5.41, 5.74) is 0. The minimum absolute atomic E-state index is 0.378. The molecule has 0 radical (unpaired) electrons. The summed E-state index contributed by atoms with van der Waals surface area (Å²) in [6.45, 7) is 6.45. The first-order chi connectivity index (χ1) is 6.39. The molecule has 0 heterocycles. The molecule has 0 aromatic carbocycles. The Bertz CT molecular complexity index is 199. The Labute approximate surface area is 85.8 Å². The molecule has 0 N–H and O–H groups in total. The van der Waals surface area contributed by atoms with Crippen LogP contribution >= 0.6 is 0 Å². The number of carbonyl (C=O) groups excluding carboxylic acids is 2. The molecule has 0 aromatic heterocycles. The van der Waals surface area contributed by atoms with E-state index in [-0.39, 0.29) is 11.9 Å². The standard InChI is InChI=1S/C9H18O4Si/c1-5-6-7-14(4,12-8(2)10)13-9(3)11/h5-7H2,1-4H3. The molecule has 0 atom stereocenters. The minimum Gasteiger partial charge on any atom is -0.485 e. The van der Waals surface area contributed by atoms with Gasteiger partial charge in [0.05, 0.1) is 0 Å². The van der Waals surface area contributed by atoms with E-state index in [1.807, 2.05) is 6.92 Å². The second kappa shape index (κ2) is 5.80. The quantitative estimate of drug-likeness (QED) is 0.662. The zero-order valence-corrected chi connectivity index (χ0v) is 10.3. The van der Waals surface area contributed by atoms with E-state index in [1.54, 1.807) is 6.55 Å². The molecule has 0 saturated heterocycles. The highest BCUT2D eigenvalue weighted by molar-refractivity contribution is 6.69. The van der Waals surface area contributed by atoms with Gasteiger partial charge in [0.25, 0.3) is 11.9 Å². The Balaban J connectivity index is 4.31. The first kappa shape index (κ1) is 13.2. The Morgan fingerprint density at radius 3 is 1.86 bits per heavy atom. The van der Waals surface area contributed by atoms with Crippen molar-refractivity contribution in [3.8, 4) is 0 Å². The number of rotatable bonds is 5. The SMILES string of the molecule is CCCC[Si](C)(OC(C)=O)OC(C)=O. The van der Waals surface area contributed by atoms with E-state index < -0.39 is 8.56 Å². The van der Waals surface area contributed by atoms with Gasteiger partial charge in [0, 0.05) is 26.4 Å². The van der Waals surface area contributed by atoms with E-state index >= 15 is 0 Å². The van der Waals surface area contributed by atoms with Crippen LogP contribution in [0.25, 0.3) is 0 Å². The van der Waals surface area contributed by atoms with Gasteiger partial charge >= 0.3 is 8.56 Å². The van der Waals surface area contributed by atoms with Gasteiger partial charge in [0.2, 0.25) is 0 Å². The molecule has 0 bridgehead atoms. The summed E-state index contributed by atoms with van der Waals surface area (Å²) in [4.78, 5) is 21.7. The maximum Gasteiger partial charge on any atom is 0.461 e. The number of hydrogen-bond acceptors (Lipinski definition) is 4. The van der Waals surface area contributed by atoms with Crippen LogP contribution in [0.1, 0.15) is 33.6 Å². The molecule has 0 aliphatic carbocycles.